The summed E-state index contributed by atoms with van der Waals surface area (Å²) < 4.78 is 10.4. The molecule has 0 aliphatic carbocycles. The van der Waals surface area contributed by atoms with E-state index in [1.807, 2.05) is 0 Å². The lowest BCUT2D eigenvalue weighted by Gasteiger charge is -2.36. The van der Waals surface area contributed by atoms with Gasteiger partial charge in [-0.1, -0.05) is 0 Å². The van der Waals surface area contributed by atoms with Crippen molar-refractivity contribution in [1.82, 2.24) is 9.80 Å². The zero-order valence-electron chi connectivity index (χ0n) is 12.7. The summed E-state index contributed by atoms with van der Waals surface area (Å²) in [6.45, 7) is 2.29. The van der Waals surface area contributed by atoms with Crippen LogP contribution in [0, 0.1) is 5.92 Å². The third-order valence-corrected chi connectivity index (χ3v) is 4.32. The Kier molecular flexibility index (Phi) is 5.41. The molecule has 21 heavy (non-hydrogen) atoms. The maximum Gasteiger partial charge on any atom is 0.326 e. The fourth-order valence-electron chi connectivity index (χ4n) is 3.21. The number of carboxylic acids is 1. The molecule has 2 heterocycles. The Bertz CT molecular complexity index is 388. The Balaban J connectivity index is 2.02. The highest BCUT2D eigenvalue weighted by molar-refractivity contribution is 5.83. The molecular formula is C14H24N2O5. The van der Waals surface area contributed by atoms with Gasteiger partial charge in [0, 0.05) is 46.2 Å². The minimum absolute atomic E-state index is 0.192. The summed E-state index contributed by atoms with van der Waals surface area (Å²) in [5, 5.41) is 9.29. The minimum atomic E-state index is -0.964. The number of carbonyl (C=O) groups is 2. The quantitative estimate of drug-likeness (QED) is 0.824. The van der Waals surface area contributed by atoms with Crippen molar-refractivity contribution >= 4 is 12.0 Å². The molecule has 7 heteroatoms. The normalized spacial score (nSPS) is 29.7. The highest BCUT2D eigenvalue weighted by Crippen LogP contribution is 2.24. The fraction of sp³-hybridized carbons (Fsp3) is 0.857. The standard InChI is InChI=1S/C14H24N2O5/c1-20-9-10-4-3-5-15(7-10)14(19)16-8-11(21-2)6-12(16)13(17)18/h10-12H,3-9H2,1-2H3,(H,17,18). The van der Waals surface area contributed by atoms with E-state index >= 15 is 0 Å². The molecule has 2 aliphatic rings. The average molecular weight is 300 g/mol. The number of carbonyl (C=O) groups excluding carboxylic acids is 1. The second kappa shape index (κ2) is 7.09. The number of carboxylic acid groups (broad SMARTS) is 1. The highest BCUT2D eigenvalue weighted by Gasteiger charge is 2.42. The van der Waals surface area contributed by atoms with E-state index in [2.05, 4.69) is 0 Å². The van der Waals surface area contributed by atoms with Gasteiger partial charge in [0.25, 0.3) is 0 Å². The zero-order valence-corrected chi connectivity index (χ0v) is 12.7. The first-order valence-corrected chi connectivity index (χ1v) is 7.36. The smallest absolute Gasteiger partial charge is 0.326 e. The lowest BCUT2D eigenvalue weighted by atomic mass is 9.99. The number of rotatable bonds is 4. The molecule has 0 aromatic carbocycles. The summed E-state index contributed by atoms with van der Waals surface area (Å²) in [4.78, 5) is 27.1. The maximum absolute atomic E-state index is 12.6. The third kappa shape index (κ3) is 3.65. The van der Waals surface area contributed by atoms with Crippen LogP contribution in [0.5, 0.6) is 0 Å². The number of amides is 2. The number of aliphatic carboxylic acids is 1. The van der Waals surface area contributed by atoms with Crippen LogP contribution in [0.1, 0.15) is 19.3 Å². The predicted molar refractivity (Wildman–Crippen MR) is 75.1 cm³/mol. The summed E-state index contributed by atoms with van der Waals surface area (Å²) >= 11 is 0. The van der Waals surface area contributed by atoms with Gasteiger partial charge in [0.2, 0.25) is 0 Å². The summed E-state index contributed by atoms with van der Waals surface area (Å²) in [6.07, 6.45) is 2.13. The molecule has 2 saturated heterocycles. The number of nitrogens with zero attached hydrogens (tertiary/aromatic N) is 2. The van der Waals surface area contributed by atoms with E-state index in [9.17, 15) is 14.7 Å². The first-order valence-electron chi connectivity index (χ1n) is 7.36. The maximum atomic E-state index is 12.6. The van der Waals surface area contributed by atoms with E-state index < -0.39 is 12.0 Å². The number of piperidine rings is 1. The molecule has 120 valence electrons. The second-order valence-corrected chi connectivity index (χ2v) is 5.79. The van der Waals surface area contributed by atoms with Crippen LogP contribution in [-0.2, 0) is 14.3 Å². The molecule has 0 bridgehead atoms. The monoisotopic (exact) mass is 300 g/mol. The number of urea groups is 1. The van der Waals surface area contributed by atoms with E-state index in [-0.39, 0.29) is 12.1 Å². The van der Waals surface area contributed by atoms with Crippen molar-refractivity contribution in [2.75, 3.05) is 40.5 Å². The Hall–Kier alpha value is -1.34. The van der Waals surface area contributed by atoms with Crippen LogP contribution in [0.25, 0.3) is 0 Å². The van der Waals surface area contributed by atoms with Crippen LogP contribution in [0.3, 0.4) is 0 Å². The summed E-state index contributed by atoms with van der Waals surface area (Å²) in [5.74, 6) is -0.634. The molecule has 0 radical (unpaired) electrons. The van der Waals surface area contributed by atoms with Crippen LogP contribution < -0.4 is 0 Å². The van der Waals surface area contributed by atoms with E-state index in [4.69, 9.17) is 9.47 Å². The summed E-state index contributed by atoms with van der Waals surface area (Å²) in [7, 11) is 3.21. The fourth-order valence-corrected chi connectivity index (χ4v) is 3.21. The van der Waals surface area contributed by atoms with Crippen LogP contribution in [0.15, 0.2) is 0 Å². The van der Waals surface area contributed by atoms with Gasteiger partial charge in [-0.3, -0.25) is 0 Å². The van der Waals surface area contributed by atoms with E-state index in [1.165, 1.54) is 4.90 Å². The van der Waals surface area contributed by atoms with E-state index in [0.717, 1.165) is 12.8 Å². The van der Waals surface area contributed by atoms with E-state index in [1.54, 1.807) is 19.1 Å². The van der Waals surface area contributed by atoms with Crippen molar-refractivity contribution in [3.63, 3.8) is 0 Å². The Labute approximate surface area is 124 Å². The predicted octanol–water partition coefficient (Wildman–Crippen LogP) is 0.639. The Morgan fingerprint density at radius 1 is 1.29 bits per heavy atom. The van der Waals surface area contributed by atoms with E-state index in [0.29, 0.717) is 38.6 Å². The lowest BCUT2D eigenvalue weighted by Crippen LogP contribution is -2.51. The molecule has 7 nitrogen and oxygen atoms in total. The topological polar surface area (TPSA) is 79.3 Å². The Morgan fingerprint density at radius 2 is 2.05 bits per heavy atom. The van der Waals surface area contributed by atoms with Crippen molar-refractivity contribution in [2.24, 2.45) is 5.92 Å². The van der Waals surface area contributed by atoms with Crippen molar-refractivity contribution in [1.29, 1.82) is 0 Å². The van der Waals surface area contributed by atoms with Crippen LogP contribution in [-0.4, -0.2) is 79.5 Å². The molecule has 2 aliphatic heterocycles. The molecule has 1 N–H and O–H groups in total. The first-order chi connectivity index (χ1) is 10.1. The SMILES string of the molecule is COCC1CCCN(C(=O)N2CC(OC)CC2C(=O)O)C1. The average Bonchev–Trinajstić information content (AvgIpc) is 2.91. The van der Waals surface area contributed by atoms with Gasteiger partial charge in [-0.15, -0.1) is 0 Å². The molecule has 2 fully saturated rings. The van der Waals surface area contributed by atoms with Crippen LogP contribution in [0.4, 0.5) is 4.79 Å². The van der Waals surface area contributed by atoms with Gasteiger partial charge in [0.1, 0.15) is 6.04 Å². The minimum Gasteiger partial charge on any atom is -0.480 e. The summed E-state index contributed by atoms with van der Waals surface area (Å²) in [5.41, 5.74) is 0. The second-order valence-electron chi connectivity index (χ2n) is 5.79. The molecular weight excluding hydrogens is 276 g/mol. The largest absolute Gasteiger partial charge is 0.480 e. The van der Waals surface area contributed by atoms with Gasteiger partial charge in [-0.05, 0) is 12.8 Å². The number of ether oxygens (including phenoxy) is 2. The third-order valence-electron chi connectivity index (χ3n) is 4.32. The van der Waals surface area contributed by atoms with Crippen molar-refractivity contribution in [2.45, 2.75) is 31.4 Å². The number of likely N-dealkylation sites (tertiary alicyclic amines) is 2. The lowest BCUT2D eigenvalue weighted by molar-refractivity contribution is -0.141. The molecule has 3 unspecified atom stereocenters. The molecule has 2 rings (SSSR count). The molecule has 3 atom stereocenters. The summed E-state index contributed by atoms with van der Waals surface area (Å²) in [6, 6.07) is -0.979. The first kappa shape index (κ1) is 16.0. The Morgan fingerprint density at radius 3 is 2.67 bits per heavy atom. The molecule has 2 amide bonds. The molecule has 0 aromatic heterocycles. The van der Waals surface area contributed by atoms with Gasteiger partial charge in [-0.2, -0.15) is 0 Å². The zero-order chi connectivity index (χ0) is 15.4. The van der Waals surface area contributed by atoms with Crippen molar-refractivity contribution in [3.8, 4) is 0 Å². The van der Waals surface area contributed by atoms with Crippen molar-refractivity contribution < 1.29 is 24.2 Å². The van der Waals surface area contributed by atoms with Gasteiger partial charge in [0.15, 0.2) is 0 Å². The van der Waals surface area contributed by atoms with Gasteiger partial charge < -0.3 is 24.4 Å². The molecule has 0 spiro atoms. The molecule has 0 saturated carbocycles. The highest BCUT2D eigenvalue weighted by atomic mass is 16.5. The van der Waals surface area contributed by atoms with Crippen LogP contribution in [0.2, 0.25) is 0 Å². The number of methoxy groups -OCH3 is 2. The molecule has 0 aromatic rings. The van der Waals surface area contributed by atoms with Crippen molar-refractivity contribution in [3.05, 3.63) is 0 Å². The van der Waals surface area contributed by atoms with Crippen LogP contribution >= 0.6 is 0 Å². The van der Waals surface area contributed by atoms with Gasteiger partial charge in [-0.25, -0.2) is 9.59 Å². The van der Waals surface area contributed by atoms with Gasteiger partial charge in [0.05, 0.1) is 12.7 Å². The number of hydrogen-bond acceptors (Lipinski definition) is 4. The number of hydrogen-bond donors (Lipinski definition) is 1. The van der Waals surface area contributed by atoms with Gasteiger partial charge >= 0.3 is 12.0 Å².